The highest BCUT2D eigenvalue weighted by atomic mass is 16.5. The average Bonchev–Trinajstić information content (AvgIpc) is 2.88. The number of carbonyl (C=O) groups excluding carboxylic acids is 3. The lowest BCUT2D eigenvalue weighted by Crippen LogP contribution is -2.45. The van der Waals surface area contributed by atoms with Gasteiger partial charge in [0, 0.05) is 39.3 Å². The SMILES string of the molecule is O=C(NCCN1CCOCC1)NCCN1C(=O)c2ccccc2C1=O. The fourth-order valence-electron chi connectivity index (χ4n) is 2.94. The van der Waals surface area contributed by atoms with Crippen LogP contribution in [0.25, 0.3) is 0 Å². The number of hydrogen-bond donors (Lipinski definition) is 2. The Kier molecular flexibility index (Phi) is 5.62. The predicted molar refractivity (Wildman–Crippen MR) is 90.5 cm³/mol. The van der Waals surface area contributed by atoms with Gasteiger partial charge in [-0.3, -0.25) is 19.4 Å². The molecule has 0 unspecified atom stereocenters. The molecule has 25 heavy (non-hydrogen) atoms. The summed E-state index contributed by atoms with van der Waals surface area (Å²) >= 11 is 0. The first kappa shape index (κ1) is 17.4. The molecule has 2 aliphatic rings. The van der Waals surface area contributed by atoms with Gasteiger partial charge in [-0.15, -0.1) is 0 Å². The minimum Gasteiger partial charge on any atom is -0.379 e. The maximum Gasteiger partial charge on any atom is 0.314 e. The minimum absolute atomic E-state index is 0.156. The van der Waals surface area contributed by atoms with Crippen molar-refractivity contribution in [3.05, 3.63) is 35.4 Å². The smallest absolute Gasteiger partial charge is 0.314 e. The van der Waals surface area contributed by atoms with Crippen molar-refractivity contribution in [2.75, 3.05) is 52.5 Å². The number of morpholine rings is 1. The van der Waals surface area contributed by atoms with Gasteiger partial charge in [0.05, 0.1) is 24.3 Å². The van der Waals surface area contributed by atoms with E-state index in [0.29, 0.717) is 17.7 Å². The van der Waals surface area contributed by atoms with Crippen LogP contribution in [0, 0.1) is 0 Å². The molecular weight excluding hydrogens is 324 g/mol. The molecule has 0 atom stereocenters. The molecule has 2 heterocycles. The normalized spacial score (nSPS) is 17.5. The Hall–Kier alpha value is -2.45. The number of imide groups is 1. The third-order valence-corrected chi connectivity index (χ3v) is 4.32. The van der Waals surface area contributed by atoms with E-state index in [1.165, 1.54) is 4.90 Å². The van der Waals surface area contributed by atoms with Crippen molar-refractivity contribution >= 4 is 17.8 Å². The van der Waals surface area contributed by atoms with Crippen LogP contribution in [0.1, 0.15) is 20.7 Å². The molecule has 0 radical (unpaired) electrons. The lowest BCUT2D eigenvalue weighted by molar-refractivity contribution is 0.0387. The van der Waals surface area contributed by atoms with Crippen molar-refractivity contribution in [1.82, 2.24) is 20.4 Å². The molecule has 0 aromatic heterocycles. The first-order valence-corrected chi connectivity index (χ1v) is 8.44. The van der Waals surface area contributed by atoms with Crippen molar-refractivity contribution in [3.63, 3.8) is 0 Å². The van der Waals surface area contributed by atoms with E-state index in [-0.39, 0.29) is 30.9 Å². The second-order valence-corrected chi connectivity index (χ2v) is 5.94. The predicted octanol–water partition coefficient (Wildman–Crippen LogP) is -0.0860. The number of nitrogens with zero attached hydrogens (tertiary/aromatic N) is 2. The molecule has 0 spiro atoms. The molecule has 2 aliphatic heterocycles. The van der Waals surface area contributed by atoms with E-state index in [1.807, 2.05) is 0 Å². The van der Waals surface area contributed by atoms with Gasteiger partial charge in [0.15, 0.2) is 0 Å². The summed E-state index contributed by atoms with van der Waals surface area (Å²) in [5, 5.41) is 5.45. The monoisotopic (exact) mass is 346 g/mol. The van der Waals surface area contributed by atoms with Crippen LogP contribution in [0.3, 0.4) is 0 Å². The third kappa shape index (κ3) is 4.15. The number of amides is 4. The van der Waals surface area contributed by atoms with E-state index < -0.39 is 0 Å². The van der Waals surface area contributed by atoms with Crippen LogP contribution in [-0.4, -0.2) is 80.1 Å². The van der Waals surface area contributed by atoms with Crippen LogP contribution in [0.5, 0.6) is 0 Å². The summed E-state index contributed by atoms with van der Waals surface area (Å²) in [5.41, 5.74) is 0.838. The van der Waals surface area contributed by atoms with Crippen LogP contribution in [-0.2, 0) is 4.74 Å². The van der Waals surface area contributed by atoms with Gasteiger partial charge in [-0.25, -0.2) is 4.79 Å². The number of carbonyl (C=O) groups is 3. The molecule has 4 amide bonds. The van der Waals surface area contributed by atoms with Gasteiger partial charge in [-0.2, -0.15) is 0 Å². The van der Waals surface area contributed by atoms with Crippen molar-refractivity contribution in [2.45, 2.75) is 0 Å². The summed E-state index contributed by atoms with van der Waals surface area (Å²) < 4.78 is 5.27. The molecular formula is C17H22N4O4. The number of rotatable bonds is 6. The fraction of sp³-hybridized carbons (Fsp3) is 0.471. The number of nitrogens with one attached hydrogen (secondary N) is 2. The van der Waals surface area contributed by atoms with E-state index in [9.17, 15) is 14.4 Å². The zero-order valence-corrected chi connectivity index (χ0v) is 14.0. The highest BCUT2D eigenvalue weighted by molar-refractivity contribution is 6.21. The van der Waals surface area contributed by atoms with E-state index >= 15 is 0 Å². The molecule has 1 aromatic rings. The van der Waals surface area contributed by atoms with Gasteiger partial charge in [-0.1, -0.05) is 12.1 Å². The summed E-state index contributed by atoms with van der Waals surface area (Å²) in [4.78, 5) is 39.6. The zero-order valence-electron chi connectivity index (χ0n) is 14.0. The van der Waals surface area contributed by atoms with Gasteiger partial charge < -0.3 is 15.4 Å². The van der Waals surface area contributed by atoms with Gasteiger partial charge in [0.25, 0.3) is 11.8 Å². The Balaban J connectivity index is 1.36. The summed E-state index contributed by atoms with van der Waals surface area (Å²) in [6.07, 6.45) is 0. The van der Waals surface area contributed by atoms with E-state index in [4.69, 9.17) is 4.74 Å². The van der Waals surface area contributed by atoms with Crippen LogP contribution in [0.4, 0.5) is 4.79 Å². The van der Waals surface area contributed by atoms with E-state index in [2.05, 4.69) is 15.5 Å². The highest BCUT2D eigenvalue weighted by Crippen LogP contribution is 2.21. The summed E-state index contributed by atoms with van der Waals surface area (Å²) in [7, 11) is 0. The van der Waals surface area contributed by atoms with Crippen molar-refractivity contribution in [1.29, 1.82) is 0 Å². The Bertz CT molecular complexity index is 623. The van der Waals surface area contributed by atoms with Gasteiger partial charge >= 0.3 is 6.03 Å². The van der Waals surface area contributed by atoms with Crippen LogP contribution in [0.2, 0.25) is 0 Å². The largest absolute Gasteiger partial charge is 0.379 e. The summed E-state index contributed by atoms with van der Waals surface area (Å²) in [6, 6.07) is 6.44. The molecule has 8 nitrogen and oxygen atoms in total. The molecule has 3 rings (SSSR count). The molecule has 1 aromatic carbocycles. The van der Waals surface area contributed by atoms with Gasteiger partial charge in [0.2, 0.25) is 0 Å². The Morgan fingerprint density at radius 1 is 0.960 bits per heavy atom. The lowest BCUT2D eigenvalue weighted by atomic mass is 10.1. The Morgan fingerprint density at radius 3 is 2.12 bits per heavy atom. The molecule has 1 saturated heterocycles. The summed E-state index contributed by atoms with van der Waals surface area (Å²) in [5.74, 6) is -0.620. The molecule has 0 aliphatic carbocycles. The third-order valence-electron chi connectivity index (χ3n) is 4.32. The number of benzene rings is 1. The van der Waals surface area contributed by atoms with Gasteiger partial charge in [0.1, 0.15) is 0 Å². The molecule has 1 fully saturated rings. The minimum atomic E-state index is -0.310. The van der Waals surface area contributed by atoms with Crippen LogP contribution >= 0.6 is 0 Å². The highest BCUT2D eigenvalue weighted by Gasteiger charge is 2.34. The Labute approximate surface area is 146 Å². The Morgan fingerprint density at radius 2 is 1.52 bits per heavy atom. The van der Waals surface area contributed by atoms with E-state index in [1.54, 1.807) is 24.3 Å². The van der Waals surface area contributed by atoms with Crippen LogP contribution < -0.4 is 10.6 Å². The average molecular weight is 346 g/mol. The molecule has 2 N–H and O–H groups in total. The standard InChI is InChI=1S/C17H22N4O4/c22-15-13-3-1-2-4-14(13)16(23)21(15)8-6-19-17(24)18-5-7-20-9-11-25-12-10-20/h1-4H,5-12H2,(H2,18,19,24). The van der Waals surface area contributed by atoms with Crippen molar-refractivity contribution in [3.8, 4) is 0 Å². The number of fused-ring (bicyclic) bond motifs is 1. The first-order valence-electron chi connectivity index (χ1n) is 8.44. The number of ether oxygens (including phenoxy) is 1. The van der Waals surface area contributed by atoms with Crippen molar-refractivity contribution < 1.29 is 19.1 Å². The molecule has 0 saturated carbocycles. The molecule has 0 bridgehead atoms. The second-order valence-electron chi connectivity index (χ2n) is 5.94. The summed E-state index contributed by atoms with van der Waals surface area (Å²) in [6.45, 7) is 4.90. The van der Waals surface area contributed by atoms with Crippen molar-refractivity contribution in [2.24, 2.45) is 0 Å². The second kappa shape index (κ2) is 8.09. The van der Waals surface area contributed by atoms with E-state index in [0.717, 1.165) is 32.8 Å². The number of urea groups is 1. The lowest BCUT2D eigenvalue weighted by Gasteiger charge is -2.26. The zero-order chi connectivity index (χ0) is 17.6. The first-order chi connectivity index (χ1) is 12.2. The maximum atomic E-state index is 12.2. The fourth-order valence-corrected chi connectivity index (χ4v) is 2.94. The number of hydrogen-bond acceptors (Lipinski definition) is 5. The maximum absolute atomic E-state index is 12.2. The molecule has 8 heteroatoms. The quantitative estimate of drug-likeness (QED) is 0.703. The van der Waals surface area contributed by atoms with Gasteiger partial charge in [-0.05, 0) is 12.1 Å². The molecule has 134 valence electrons. The van der Waals surface area contributed by atoms with Crippen LogP contribution in [0.15, 0.2) is 24.3 Å². The topological polar surface area (TPSA) is 91.0 Å².